The molecule has 0 amide bonds. The van der Waals surface area contributed by atoms with Crippen molar-refractivity contribution in [2.24, 2.45) is 5.92 Å². The van der Waals surface area contributed by atoms with Crippen LogP contribution in [0.2, 0.25) is 0 Å². The number of benzene rings is 1. The van der Waals surface area contributed by atoms with Crippen molar-refractivity contribution in [3.05, 3.63) is 29.6 Å². The summed E-state index contributed by atoms with van der Waals surface area (Å²) in [6, 6.07) is 4.89. The van der Waals surface area contributed by atoms with E-state index in [1.165, 1.54) is 18.9 Å². The first-order valence-electron chi connectivity index (χ1n) is 7.43. The minimum absolute atomic E-state index is 0.0896. The lowest BCUT2D eigenvalue weighted by Crippen LogP contribution is -2.22. The molecule has 1 aromatic carbocycles. The monoisotopic (exact) mass is 280 g/mol. The van der Waals surface area contributed by atoms with E-state index in [4.69, 9.17) is 10.0 Å². The van der Waals surface area contributed by atoms with Crippen molar-refractivity contribution < 1.29 is 19.1 Å². The molecule has 0 radical (unpaired) electrons. The molecule has 110 valence electrons. The van der Waals surface area contributed by atoms with E-state index in [0.29, 0.717) is 5.56 Å². The van der Waals surface area contributed by atoms with Gasteiger partial charge in [0.25, 0.3) is 0 Å². The van der Waals surface area contributed by atoms with Gasteiger partial charge >= 0.3 is 7.32 Å². The molecule has 2 rings (SSSR count). The Hall–Kier alpha value is -1.07. The van der Waals surface area contributed by atoms with Crippen molar-refractivity contribution in [1.82, 2.24) is 0 Å². The van der Waals surface area contributed by atoms with E-state index < -0.39 is 13.1 Å². The molecular weight excluding hydrogens is 258 g/mol. The van der Waals surface area contributed by atoms with E-state index in [9.17, 15) is 4.39 Å². The van der Waals surface area contributed by atoms with Gasteiger partial charge in [0.2, 0.25) is 0 Å². The first kappa shape index (κ1) is 15.3. The van der Waals surface area contributed by atoms with Gasteiger partial charge in [0, 0.05) is 0 Å². The predicted octanol–water partition coefficient (Wildman–Crippen LogP) is 3.25. The average Bonchev–Trinajstić information content (AvgIpc) is 2.42. The highest BCUT2D eigenvalue weighted by Gasteiger charge is 2.26. The van der Waals surface area contributed by atoms with Crippen molar-refractivity contribution in [2.45, 2.75) is 51.4 Å². The molecule has 1 aliphatic rings. The highest BCUT2D eigenvalue weighted by Crippen LogP contribution is 2.39. The fraction of sp³-hybridized carbons (Fsp3) is 0.600. The summed E-state index contributed by atoms with van der Waals surface area (Å²) in [5, 5.41) is 17.6. The molecule has 2 N–H and O–H groups in total. The van der Waals surface area contributed by atoms with Crippen LogP contribution in [0, 0.1) is 11.7 Å². The van der Waals surface area contributed by atoms with Gasteiger partial charge in [-0.1, -0.05) is 31.9 Å². The molecule has 3 nitrogen and oxygen atoms in total. The van der Waals surface area contributed by atoms with Gasteiger partial charge in [0.05, 0.1) is 0 Å². The quantitative estimate of drug-likeness (QED) is 0.814. The highest BCUT2D eigenvalue weighted by molar-refractivity contribution is 6.33. The first-order chi connectivity index (χ1) is 9.61. The van der Waals surface area contributed by atoms with Gasteiger partial charge in [-0.05, 0) is 49.1 Å². The van der Waals surface area contributed by atoms with Crippen molar-refractivity contribution in [2.75, 3.05) is 0 Å². The van der Waals surface area contributed by atoms with Crippen LogP contribution >= 0.6 is 0 Å². The van der Waals surface area contributed by atoms with Crippen molar-refractivity contribution >= 4 is 7.32 Å². The molecular formula is C15H22BFO3. The number of halogens is 1. The van der Waals surface area contributed by atoms with Crippen LogP contribution in [0.4, 0.5) is 4.39 Å². The molecule has 0 atom stereocenters. The third-order valence-electron chi connectivity index (χ3n) is 4.21. The highest BCUT2D eigenvalue weighted by atomic mass is 19.1. The Balaban J connectivity index is 2.06. The van der Waals surface area contributed by atoms with E-state index >= 15 is 0 Å². The molecule has 0 bridgehead atoms. The fourth-order valence-electron chi connectivity index (χ4n) is 3.22. The van der Waals surface area contributed by atoms with Crippen LogP contribution in [0.3, 0.4) is 0 Å². The number of rotatable bonds is 5. The van der Waals surface area contributed by atoms with Crippen molar-refractivity contribution in [1.29, 1.82) is 0 Å². The first-order valence-corrected chi connectivity index (χ1v) is 7.43. The van der Waals surface area contributed by atoms with Gasteiger partial charge in [-0.25, -0.2) is 4.39 Å². The minimum Gasteiger partial charge on any atom is -0.510 e. The SMILES string of the molecule is CCCC1CCC(c2cccc(OB(O)O)c2F)CC1. The van der Waals surface area contributed by atoms with Crippen LogP contribution in [0.25, 0.3) is 0 Å². The van der Waals surface area contributed by atoms with E-state index in [-0.39, 0.29) is 11.7 Å². The Morgan fingerprint density at radius 1 is 1.25 bits per heavy atom. The largest absolute Gasteiger partial charge is 0.707 e. The summed E-state index contributed by atoms with van der Waals surface area (Å²) >= 11 is 0. The van der Waals surface area contributed by atoms with Gasteiger partial charge in [0.15, 0.2) is 5.82 Å². The summed E-state index contributed by atoms with van der Waals surface area (Å²) in [6.45, 7) is 2.20. The molecule has 1 aromatic rings. The summed E-state index contributed by atoms with van der Waals surface area (Å²) in [6.07, 6.45) is 6.74. The molecule has 20 heavy (non-hydrogen) atoms. The van der Waals surface area contributed by atoms with Crippen molar-refractivity contribution in [3.63, 3.8) is 0 Å². The smallest absolute Gasteiger partial charge is 0.510 e. The van der Waals surface area contributed by atoms with Crippen LogP contribution in [0.15, 0.2) is 18.2 Å². The maximum absolute atomic E-state index is 14.3. The Morgan fingerprint density at radius 2 is 1.95 bits per heavy atom. The summed E-state index contributed by atoms with van der Waals surface area (Å²) in [5.41, 5.74) is 0.637. The zero-order valence-electron chi connectivity index (χ0n) is 11.9. The Kier molecular flexibility index (Phi) is 5.43. The lowest BCUT2D eigenvalue weighted by atomic mass is 9.77. The third kappa shape index (κ3) is 3.73. The number of hydrogen-bond donors (Lipinski definition) is 2. The average molecular weight is 280 g/mol. The molecule has 0 aromatic heterocycles. The van der Waals surface area contributed by atoms with Crippen LogP contribution in [-0.4, -0.2) is 17.4 Å². The lowest BCUT2D eigenvalue weighted by molar-refractivity contribution is 0.278. The summed E-state index contributed by atoms with van der Waals surface area (Å²) in [7, 11) is -1.99. The molecule has 0 spiro atoms. The molecule has 1 saturated carbocycles. The normalized spacial score (nSPS) is 22.6. The second kappa shape index (κ2) is 7.09. The predicted molar refractivity (Wildman–Crippen MR) is 76.8 cm³/mol. The van der Waals surface area contributed by atoms with Crippen LogP contribution in [0.5, 0.6) is 5.75 Å². The maximum Gasteiger partial charge on any atom is 0.707 e. The minimum atomic E-state index is -1.99. The third-order valence-corrected chi connectivity index (χ3v) is 4.21. The van der Waals surface area contributed by atoms with Crippen LogP contribution in [0.1, 0.15) is 56.9 Å². The molecule has 0 saturated heterocycles. The van der Waals surface area contributed by atoms with Crippen LogP contribution < -0.4 is 4.65 Å². The molecule has 0 unspecified atom stereocenters. The number of hydrogen-bond acceptors (Lipinski definition) is 3. The summed E-state index contributed by atoms with van der Waals surface area (Å²) < 4.78 is 19.0. The standard InChI is InChI=1S/C15H22BFO3/c1-2-4-11-7-9-12(10-8-11)13-5-3-6-14(15(13)17)20-16(18)19/h3,5-6,11-12,18-19H,2,4,7-10H2,1H3. The van der Waals surface area contributed by atoms with Gasteiger partial charge in [-0.3, -0.25) is 0 Å². The fourth-order valence-corrected chi connectivity index (χ4v) is 3.22. The van der Waals surface area contributed by atoms with E-state index in [0.717, 1.165) is 31.6 Å². The summed E-state index contributed by atoms with van der Waals surface area (Å²) in [4.78, 5) is 0. The van der Waals surface area contributed by atoms with Gasteiger partial charge in [-0.15, -0.1) is 0 Å². The lowest BCUT2D eigenvalue weighted by Gasteiger charge is -2.29. The molecule has 1 aliphatic carbocycles. The molecule has 0 heterocycles. The van der Waals surface area contributed by atoms with Gasteiger partial charge in [0.1, 0.15) is 5.75 Å². The molecule has 5 heteroatoms. The zero-order chi connectivity index (χ0) is 14.5. The molecule has 1 fully saturated rings. The Labute approximate surface area is 120 Å². The second-order valence-electron chi connectivity index (χ2n) is 5.61. The summed E-state index contributed by atoms with van der Waals surface area (Å²) in [5.74, 6) is 0.438. The zero-order valence-corrected chi connectivity index (χ0v) is 11.9. The van der Waals surface area contributed by atoms with Gasteiger partial charge in [-0.2, -0.15) is 0 Å². The van der Waals surface area contributed by atoms with Crippen molar-refractivity contribution in [3.8, 4) is 5.75 Å². The Morgan fingerprint density at radius 3 is 2.55 bits per heavy atom. The van der Waals surface area contributed by atoms with E-state index in [2.05, 4.69) is 11.6 Å². The van der Waals surface area contributed by atoms with Gasteiger partial charge < -0.3 is 14.7 Å². The van der Waals surface area contributed by atoms with E-state index in [1.54, 1.807) is 12.1 Å². The second-order valence-corrected chi connectivity index (χ2v) is 5.61. The topological polar surface area (TPSA) is 49.7 Å². The van der Waals surface area contributed by atoms with Crippen LogP contribution in [-0.2, 0) is 0 Å². The van der Waals surface area contributed by atoms with E-state index in [1.807, 2.05) is 0 Å². The Bertz CT molecular complexity index is 431. The molecule has 0 aliphatic heterocycles. The maximum atomic E-state index is 14.3.